The minimum absolute atomic E-state index is 0.00618. The van der Waals surface area contributed by atoms with E-state index in [0.29, 0.717) is 31.7 Å². The van der Waals surface area contributed by atoms with E-state index in [-0.39, 0.29) is 36.6 Å². The lowest BCUT2D eigenvalue weighted by Gasteiger charge is -2.37. The third-order valence-corrected chi connectivity index (χ3v) is 7.12. The van der Waals surface area contributed by atoms with Crippen molar-refractivity contribution in [3.63, 3.8) is 0 Å². The summed E-state index contributed by atoms with van der Waals surface area (Å²) in [5.41, 5.74) is 0.885. The van der Waals surface area contributed by atoms with Gasteiger partial charge in [0.25, 0.3) is 5.91 Å². The normalized spacial score (nSPS) is 19.5. The van der Waals surface area contributed by atoms with Crippen molar-refractivity contribution in [2.75, 3.05) is 55.7 Å². The number of nitrogens with zero attached hydrogens (tertiary/aromatic N) is 3. The van der Waals surface area contributed by atoms with Crippen LogP contribution >= 0.6 is 15.9 Å². The van der Waals surface area contributed by atoms with Crippen LogP contribution in [-0.2, 0) is 14.6 Å². The molecule has 0 bridgehead atoms. The molecule has 2 amide bonds. The Balaban J connectivity index is 1.66. The van der Waals surface area contributed by atoms with Gasteiger partial charge in [0.2, 0.25) is 0 Å². The maximum Gasteiger partial charge on any atom is 0.410 e. The Bertz CT molecular complexity index is 907. The summed E-state index contributed by atoms with van der Waals surface area (Å²) in [7, 11) is -3.04. The summed E-state index contributed by atoms with van der Waals surface area (Å²) in [6.07, 6.45) is -0.313. The molecule has 0 aliphatic carbocycles. The second-order valence-corrected chi connectivity index (χ2v) is 11.8. The van der Waals surface area contributed by atoms with E-state index in [1.165, 1.54) is 0 Å². The molecule has 30 heavy (non-hydrogen) atoms. The lowest BCUT2D eigenvalue weighted by molar-refractivity contribution is 0.0240. The Morgan fingerprint density at radius 1 is 0.933 bits per heavy atom. The van der Waals surface area contributed by atoms with Gasteiger partial charge >= 0.3 is 6.09 Å². The summed E-state index contributed by atoms with van der Waals surface area (Å²) >= 11 is 3.48. The zero-order valence-electron chi connectivity index (χ0n) is 17.6. The number of hydrogen-bond donors (Lipinski definition) is 0. The van der Waals surface area contributed by atoms with Crippen molar-refractivity contribution >= 4 is 43.5 Å². The number of anilines is 1. The number of carbonyl (C=O) groups is 2. The van der Waals surface area contributed by atoms with E-state index in [4.69, 9.17) is 4.74 Å². The minimum Gasteiger partial charge on any atom is -0.444 e. The molecule has 2 saturated heterocycles. The van der Waals surface area contributed by atoms with Crippen LogP contribution in [0.1, 0.15) is 31.1 Å². The van der Waals surface area contributed by atoms with E-state index in [2.05, 4.69) is 20.8 Å². The highest BCUT2D eigenvalue weighted by Gasteiger charge is 2.28. The van der Waals surface area contributed by atoms with Gasteiger partial charge in [-0.15, -0.1) is 0 Å². The highest BCUT2D eigenvalue weighted by atomic mass is 79.9. The molecule has 0 unspecified atom stereocenters. The average Bonchev–Trinajstić information content (AvgIpc) is 2.66. The maximum absolute atomic E-state index is 12.9. The van der Waals surface area contributed by atoms with Crippen molar-refractivity contribution in [1.29, 1.82) is 0 Å². The number of piperazine rings is 1. The summed E-state index contributed by atoms with van der Waals surface area (Å²) in [4.78, 5) is 30.6. The first-order valence-electron chi connectivity index (χ1n) is 9.97. The molecule has 10 heteroatoms. The van der Waals surface area contributed by atoms with Gasteiger partial charge in [-0.3, -0.25) is 4.79 Å². The highest BCUT2D eigenvalue weighted by Crippen LogP contribution is 2.26. The second-order valence-electron chi connectivity index (χ2n) is 8.60. The first-order valence-corrected chi connectivity index (χ1v) is 12.6. The molecule has 2 aliphatic heterocycles. The van der Waals surface area contributed by atoms with Crippen molar-refractivity contribution in [3.8, 4) is 0 Å². The number of carbonyl (C=O) groups excluding carboxylic acids is 2. The fourth-order valence-electron chi connectivity index (χ4n) is 3.45. The SMILES string of the molecule is CC(C)(C)OC(=O)N1CCN(c2cc(Br)cc(C(=O)N3CCS(=O)(=O)CC3)c2)CC1. The summed E-state index contributed by atoms with van der Waals surface area (Å²) in [5.74, 6) is -0.154. The molecule has 1 aromatic carbocycles. The van der Waals surface area contributed by atoms with E-state index >= 15 is 0 Å². The zero-order valence-corrected chi connectivity index (χ0v) is 20.0. The van der Waals surface area contributed by atoms with Crippen LogP contribution in [0.2, 0.25) is 0 Å². The van der Waals surface area contributed by atoms with Gasteiger partial charge < -0.3 is 19.4 Å². The van der Waals surface area contributed by atoms with Crippen LogP contribution in [0.5, 0.6) is 0 Å². The van der Waals surface area contributed by atoms with Gasteiger partial charge in [0, 0.05) is 55.0 Å². The van der Waals surface area contributed by atoms with Crippen molar-refractivity contribution < 1.29 is 22.7 Å². The Labute approximate surface area is 186 Å². The Kier molecular flexibility index (Phi) is 6.66. The minimum atomic E-state index is -3.04. The van der Waals surface area contributed by atoms with Gasteiger partial charge in [-0.1, -0.05) is 15.9 Å². The van der Waals surface area contributed by atoms with Gasteiger partial charge in [0.15, 0.2) is 9.84 Å². The van der Waals surface area contributed by atoms with Gasteiger partial charge in [-0.25, -0.2) is 13.2 Å². The standard InChI is InChI=1S/C20H28BrN3O5S/c1-20(2,3)29-19(26)24-6-4-22(5-7-24)17-13-15(12-16(21)14-17)18(25)23-8-10-30(27,28)11-9-23/h12-14H,4-11H2,1-3H3. The number of rotatable bonds is 2. The smallest absolute Gasteiger partial charge is 0.410 e. The largest absolute Gasteiger partial charge is 0.444 e. The number of amides is 2. The van der Waals surface area contributed by atoms with Crippen molar-refractivity contribution in [2.45, 2.75) is 26.4 Å². The molecule has 0 N–H and O–H groups in total. The molecule has 2 fully saturated rings. The Hall–Kier alpha value is -1.81. The van der Waals surface area contributed by atoms with Gasteiger partial charge in [0.05, 0.1) is 11.5 Å². The highest BCUT2D eigenvalue weighted by molar-refractivity contribution is 9.10. The molecular weight excluding hydrogens is 474 g/mol. The predicted octanol–water partition coefficient (Wildman–Crippen LogP) is 2.38. The number of hydrogen-bond acceptors (Lipinski definition) is 6. The number of ether oxygens (including phenoxy) is 1. The topological polar surface area (TPSA) is 87.2 Å². The molecule has 0 radical (unpaired) electrons. The van der Waals surface area contributed by atoms with Crippen molar-refractivity contribution in [1.82, 2.24) is 9.80 Å². The molecule has 0 saturated carbocycles. The Morgan fingerprint density at radius 3 is 2.10 bits per heavy atom. The number of benzene rings is 1. The van der Waals surface area contributed by atoms with Crippen LogP contribution in [-0.4, -0.2) is 86.6 Å². The molecule has 166 valence electrons. The average molecular weight is 502 g/mol. The molecule has 8 nitrogen and oxygen atoms in total. The van der Waals surface area contributed by atoms with Crippen molar-refractivity contribution in [3.05, 3.63) is 28.2 Å². The number of halogens is 1. The monoisotopic (exact) mass is 501 g/mol. The van der Waals surface area contributed by atoms with E-state index in [0.717, 1.165) is 10.2 Å². The van der Waals surface area contributed by atoms with Gasteiger partial charge in [-0.2, -0.15) is 0 Å². The van der Waals surface area contributed by atoms with Gasteiger partial charge in [-0.05, 0) is 39.0 Å². The lowest BCUT2D eigenvalue weighted by Crippen LogP contribution is -2.50. The van der Waals surface area contributed by atoms with Crippen LogP contribution in [0, 0.1) is 0 Å². The molecule has 3 rings (SSSR count). The second kappa shape index (κ2) is 8.74. The fraction of sp³-hybridized carbons (Fsp3) is 0.600. The van der Waals surface area contributed by atoms with E-state index in [1.807, 2.05) is 32.9 Å². The maximum atomic E-state index is 12.9. The fourth-order valence-corrected chi connectivity index (χ4v) is 5.13. The third kappa shape index (κ3) is 5.87. The van der Waals surface area contributed by atoms with Gasteiger partial charge in [0.1, 0.15) is 5.60 Å². The summed E-state index contributed by atoms with van der Waals surface area (Å²) < 4.78 is 29.5. The predicted molar refractivity (Wildman–Crippen MR) is 119 cm³/mol. The van der Waals surface area contributed by atoms with Crippen molar-refractivity contribution in [2.24, 2.45) is 0 Å². The first-order chi connectivity index (χ1) is 13.9. The van der Waals surface area contributed by atoms with Crippen LogP contribution < -0.4 is 4.90 Å². The van der Waals surface area contributed by atoms with E-state index < -0.39 is 15.4 Å². The lowest BCUT2D eigenvalue weighted by atomic mass is 10.1. The summed E-state index contributed by atoms with van der Waals surface area (Å²) in [5, 5.41) is 0. The molecule has 2 aliphatic rings. The molecule has 0 atom stereocenters. The zero-order chi connectivity index (χ0) is 22.1. The molecule has 0 aromatic heterocycles. The molecule has 2 heterocycles. The van der Waals surface area contributed by atoms with Crippen LogP contribution in [0.15, 0.2) is 22.7 Å². The molecule has 1 aromatic rings. The Morgan fingerprint density at radius 2 is 1.53 bits per heavy atom. The van der Waals surface area contributed by atoms with Crippen LogP contribution in [0.4, 0.5) is 10.5 Å². The van der Waals surface area contributed by atoms with Crippen LogP contribution in [0.3, 0.4) is 0 Å². The number of sulfone groups is 1. The van der Waals surface area contributed by atoms with E-state index in [1.54, 1.807) is 15.9 Å². The molecular formula is C20H28BrN3O5S. The molecule has 0 spiro atoms. The third-order valence-electron chi connectivity index (χ3n) is 5.06. The van der Waals surface area contributed by atoms with Crippen LogP contribution in [0.25, 0.3) is 0 Å². The summed E-state index contributed by atoms with van der Waals surface area (Å²) in [6.45, 7) is 8.31. The van der Waals surface area contributed by atoms with E-state index in [9.17, 15) is 18.0 Å². The summed E-state index contributed by atoms with van der Waals surface area (Å²) in [6, 6.07) is 5.53. The first kappa shape index (κ1) is 22.9. The quantitative estimate of drug-likeness (QED) is 0.618.